The summed E-state index contributed by atoms with van der Waals surface area (Å²) in [4.78, 5) is 0. The highest BCUT2D eigenvalue weighted by atomic mass is 127. The molecule has 0 bridgehead atoms. The molecule has 0 atom stereocenters. The minimum Gasteiger partial charge on any atom is -0.264 e. The van der Waals surface area contributed by atoms with E-state index in [0.29, 0.717) is 0 Å². The maximum Gasteiger partial charge on any atom is 0.394 e. The molecule has 0 fully saturated rings. The summed E-state index contributed by atoms with van der Waals surface area (Å²) in [5.41, 5.74) is 5.59. The Morgan fingerprint density at radius 2 is 0.833 bits per heavy atom. The van der Waals surface area contributed by atoms with Crippen molar-refractivity contribution in [1.82, 2.24) is 0 Å². The molecule has 0 spiro atoms. The largest absolute Gasteiger partial charge is 0.394 e. The van der Waals surface area contributed by atoms with Crippen LogP contribution >= 0.6 is 24.0 Å². The van der Waals surface area contributed by atoms with Gasteiger partial charge in [-0.3, -0.25) is 9.11 Å². The lowest BCUT2D eigenvalue weighted by atomic mass is 9.81. The predicted octanol–water partition coefficient (Wildman–Crippen LogP) is 3.30. The van der Waals surface area contributed by atoms with Crippen LogP contribution in [0.25, 0.3) is 22.3 Å². The van der Waals surface area contributed by atoms with Crippen LogP contribution in [0.2, 0.25) is 0 Å². The lowest BCUT2D eigenvalue weighted by Crippen LogP contribution is -1.96. The molecule has 1 aliphatic rings. The van der Waals surface area contributed by atoms with Gasteiger partial charge in [0.05, 0.1) is 0 Å². The Bertz CT molecular complexity index is 545. The van der Waals surface area contributed by atoms with Crippen molar-refractivity contribution >= 4 is 34.4 Å². The number of fused-ring (bicyclic) bond motifs is 4. The summed E-state index contributed by atoms with van der Waals surface area (Å²) in [6.45, 7) is 0. The maximum atomic E-state index is 8.74. The van der Waals surface area contributed by atoms with E-state index in [-0.39, 0.29) is 24.0 Å². The minimum atomic E-state index is -4.67. The Morgan fingerprint density at radius 3 is 1.00 bits per heavy atom. The Morgan fingerprint density at radius 1 is 0.667 bits per heavy atom. The van der Waals surface area contributed by atoms with Crippen molar-refractivity contribution in [3.8, 4) is 22.3 Å². The Balaban J connectivity index is 0.000000238. The van der Waals surface area contributed by atoms with Crippen LogP contribution in [0.3, 0.4) is 0 Å². The van der Waals surface area contributed by atoms with E-state index in [1.807, 2.05) is 0 Å². The molecule has 6 heteroatoms. The van der Waals surface area contributed by atoms with Crippen molar-refractivity contribution in [2.75, 3.05) is 0 Å². The molecule has 2 N–H and O–H groups in total. The fourth-order valence-electron chi connectivity index (χ4n) is 1.84. The summed E-state index contributed by atoms with van der Waals surface area (Å²) in [7, 11) is -4.67. The first-order valence-electron chi connectivity index (χ1n) is 4.85. The third kappa shape index (κ3) is 3.52. The number of hydrogen-bond acceptors (Lipinski definition) is 2. The molecule has 0 aliphatic heterocycles. The number of hydrogen-bond donors (Lipinski definition) is 2. The molecule has 0 heterocycles. The first kappa shape index (κ1) is 15.1. The molecule has 0 radical (unpaired) electrons. The molecule has 3 rings (SSSR count). The predicted molar refractivity (Wildman–Crippen MR) is 80.5 cm³/mol. The fourth-order valence-corrected chi connectivity index (χ4v) is 1.84. The molecule has 0 aromatic heterocycles. The Hall–Kier alpha value is -0.960. The summed E-state index contributed by atoms with van der Waals surface area (Å²) >= 11 is 0. The molecule has 1 aliphatic carbocycles. The van der Waals surface area contributed by atoms with Gasteiger partial charge in [-0.05, 0) is 22.3 Å². The van der Waals surface area contributed by atoms with Crippen LogP contribution in [0.5, 0.6) is 0 Å². The summed E-state index contributed by atoms with van der Waals surface area (Å²) in [6, 6.07) is 17.1. The number of rotatable bonds is 0. The van der Waals surface area contributed by atoms with Crippen LogP contribution < -0.4 is 0 Å². The average molecular weight is 378 g/mol. The Labute approximate surface area is 122 Å². The lowest BCUT2D eigenvalue weighted by Gasteiger charge is -2.22. The quantitative estimate of drug-likeness (QED) is 0.465. The molecule has 0 amide bonds. The zero-order valence-corrected chi connectivity index (χ0v) is 12.3. The zero-order chi connectivity index (χ0) is 12.5. The molecule has 18 heavy (non-hydrogen) atoms. The fraction of sp³-hybridized carbons (Fsp3) is 0. The van der Waals surface area contributed by atoms with Crippen molar-refractivity contribution in [1.29, 1.82) is 0 Å². The third-order valence-electron chi connectivity index (χ3n) is 2.43. The van der Waals surface area contributed by atoms with Gasteiger partial charge in [-0.1, -0.05) is 48.5 Å². The maximum absolute atomic E-state index is 8.74. The van der Waals surface area contributed by atoms with Gasteiger partial charge in [-0.15, -0.1) is 24.0 Å². The van der Waals surface area contributed by atoms with Gasteiger partial charge in [-0.2, -0.15) is 8.42 Å². The first-order chi connectivity index (χ1) is 7.97. The van der Waals surface area contributed by atoms with Crippen LogP contribution in [0, 0.1) is 0 Å². The summed E-state index contributed by atoms with van der Waals surface area (Å²) in [5.74, 6) is 0. The van der Waals surface area contributed by atoms with Crippen LogP contribution in [0.15, 0.2) is 48.5 Å². The first-order valence-corrected chi connectivity index (χ1v) is 6.25. The zero-order valence-electron chi connectivity index (χ0n) is 9.15. The molecule has 0 unspecified atom stereocenters. The molecule has 0 saturated carbocycles. The SMILES string of the molecule is I.O=S(=O)(O)O.c1ccc2c(c1)-c1ccccc1-2. The molecule has 96 valence electrons. The molecule has 2 aromatic rings. The third-order valence-corrected chi connectivity index (χ3v) is 2.43. The van der Waals surface area contributed by atoms with Crippen LogP contribution in [0.4, 0.5) is 0 Å². The van der Waals surface area contributed by atoms with Crippen molar-refractivity contribution in [3.63, 3.8) is 0 Å². The second-order valence-corrected chi connectivity index (χ2v) is 4.43. The monoisotopic (exact) mass is 378 g/mol. The van der Waals surface area contributed by atoms with Crippen molar-refractivity contribution in [2.24, 2.45) is 0 Å². The second-order valence-electron chi connectivity index (χ2n) is 3.54. The van der Waals surface area contributed by atoms with E-state index in [9.17, 15) is 0 Å². The van der Waals surface area contributed by atoms with E-state index in [1.54, 1.807) is 0 Å². The van der Waals surface area contributed by atoms with Crippen LogP contribution in [0.1, 0.15) is 0 Å². The molecular formula is C12H11IO4S. The molecule has 2 aromatic carbocycles. The lowest BCUT2D eigenvalue weighted by molar-refractivity contribution is 0.381. The normalized spacial score (nSPS) is 10.8. The van der Waals surface area contributed by atoms with E-state index in [0.717, 1.165) is 0 Å². The van der Waals surface area contributed by atoms with Gasteiger partial charge in [-0.25, -0.2) is 0 Å². The van der Waals surface area contributed by atoms with E-state index in [2.05, 4.69) is 48.5 Å². The highest BCUT2D eigenvalue weighted by Crippen LogP contribution is 2.46. The minimum absolute atomic E-state index is 0. The average Bonchev–Trinajstić information content (AvgIpc) is 2.23. The molecule has 0 saturated heterocycles. The van der Waals surface area contributed by atoms with E-state index < -0.39 is 10.4 Å². The topological polar surface area (TPSA) is 74.6 Å². The highest BCUT2D eigenvalue weighted by molar-refractivity contribution is 14.0. The van der Waals surface area contributed by atoms with Gasteiger partial charge in [0.2, 0.25) is 0 Å². The summed E-state index contributed by atoms with van der Waals surface area (Å²) in [6.07, 6.45) is 0. The molecular weight excluding hydrogens is 367 g/mol. The second kappa shape index (κ2) is 5.79. The molecule has 4 nitrogen and oxygen atoms in total. The summed E-state index contributed by atoms with van der Waals surface area (Å²) in [5, 5.41) is 0. The van der Waals surface area contributed by atoms with Crippen molar-refractivity contribution in [3.05, 3.63) is 48.5 Å². The number of benzene rings is 2. The van der Waals surface area contributed by atoms with Crippen molar-refractivity contribution in [2.45, 2.75) is 0 Å². The number of halogens is 1. The highest BCUT2D eigenvalue weighted by Gasteiger charge is 2.19. The van der Waals surface area contributed by atoms with E-state index >= 15 is 0 Å². The van der Waals surface area contributed by atoms with Gasteiger partial charge >= 0.3 is 10.4 Å². The van der Waals surface area contributed by atoms with Crippen LogP contribution in [-0.4, -0.2) is 17.5 Å². The van der Waals surface area contributed by atoms with Gasteiger partial charge in [0.25, 0.3) is 0 Å². The summed E-state index contributed by atoms with van der Waals surface area (Å²) < 4.78 is 31.6. The van der Waals surface area contributed by atoms with Crippen LogP contribution in [-0.2, 0) is 10.4 Å². The van der Waals surface area contributed by atoms with Crippen molar-refractivity contribution < 1.29 is 17.5 Å². The van der Waals surface area contributed by atoms with Gasteiger partial charge in [0, 0.05) is 0 Å². The Kier molecular flexibility index (Phi) is 4.85. The van der Waals surface area contributed by atoms with Gasteiger partial charge in [0.15, 0.2) is 0 Å². The smallest absolute Gasteiger partial charge is 0.264 e. The van der Waals surface area contributed by atoms with Gasteiger partial charge in [0.1, 0.15) is 0 Å². The van der Waals surface area contributed by atoms with E-state index in [1.165, 1.54) is 22.3 Å². The van der Waals surface area contributed by atoms with E-state index in [4.69, 9.17) is 17.5 Å². The van der Waals surface area contributed by atoms with Gasteiger partial charge < -0.3 is 0 Å². The standard InChI is InChI=1S/C12H8.HI.H2O4S/c1-2-6-10-9(5-1)11-7-3-4-8-12(10)11;;1-5(2,3)4/h1-8H;1H;(H2,1,2,3,4).